The highest BCUT2D eigenvalue weighted by Crippen LogP contribution is 2.22. The van der Waals surface area contributed by atoms with Crippen LogP contribution in [0.4, 0.5) is 0 Å². The zero-order valence-electron chi connectivity index (χ0n) is 12.3. The molecule has 0 N–H and O–H groups in total. The minimum absolute atomic E-state index is 0.120. The number of hydrogen-bond donors (Lipinski definition) is 0. The molecule has 1 aliphatic heterocycles. The van der Waals surface area contributed by atoms with Crippen molar-refractivity contribution in [3.8, 4) is 0 Å². The quantitative estimate of drug-likeness (QED) is 0.851. The predicted molar refractivity (Wildman–Crippen MR) is 74.6 cm³/mol. The second-order valence-corrected chi connectivity index (χ2v) is 5.49. The highest BCUT2D eigenvalue weighted by Gasteiger charge is 2.26. The van der Waals surface area contributed by atoms with E-state index < -0.39 is 0 Å². The van der Waals surface area contributed by atoms with Crippen LogP contribution < -0.4 is 0 Å². The SMILES string of the molecule is Cc1noc(C)c1CC(=O)N1CCC[C@@H](n2cncn2)C1. The van der Waals surface area contributed by atoms with Crippen molar-refractivity contribution in [1.29, 1.82) is 0 Å². The van der Waals surface area contributed by atoms with E-state index in [4.69, 9.17) is 4.52 Å². The van der Waals surface area contributed by atoms with Gasteiger partial charge < -0.3 is 9.42 Å². The molecule has 7 nitrogen and oxygen atoms in total. The largest absolute Gasteiger partial charge is 0.361 e. The van der Waals surface area contributed by atoms with E-state index in [0.29, 0.717) is 13.0 Å². The number of amides is 1. The highest BCUT2D eigenvalue weighted by molar-refractivity contribution is 5.79. The molecule has 0 unspecified atom stereocenters. The molecule has 1 amide bonds. The van der Waals surface area contributed by atoms with Gasteiger partial charge in [0.25, 0.3) is 0 Å². The lowest BCUT2D eigenvalue weighted by Crippen LogP contribution is -2.41. The number of rotatable bonds is 3. The summed E-state index contributed by atoms with van der Waals surface area (Å²) in [6.45, 7) is 5.20. The molecule has 0 aliphatic carbocycles. The highest BCUT2D eigenvalue weighted by atomic mass is 16.5. The Morgan fingerprint density at radius 3 is 3.00 bits per heavy atom. The van der Waals surface area contributed by atoms with E-state index >= 15 is 0 Å². The first-order valence-corrected chi connectivity index (χ1v) is 7.19. The first-order valence-electron chi connectivity index (χ1n) is 7.19. The number of aryl methyl sites for hydroxylation is 2. The summed E-state index contributed by atoms with van der Waals surface area (Å²) in [5.41, 5.74) is 1.70. The van der Waals surface area contributed by atoms with Gasteiger partial charge in [-0.25, -0.2) is 9.67 Å². The normalized spacial score (nSPS) is 19.0. The lowest BCUT2D eigenvalue weighted by atomic mass is 10.0. The van der Waals surface area contributed by atoms with E-state index in [1.807, 2.05) is 23.4 Å². The van der Waals surface area contributed by atoms with Gasteiger partial charge >= 0.3 is 0 Å². The monoisotopic (exact) mass is 289 g/mol. The average molecular weight is 289 g/mol. The molecule has 1 aliphatic rings. The molecule has 2 aromatic heterocycles. The Labute approximate surface area is 122 Å². The third-order valence-corrected chi connectivity index (χ3v) is 4.07. The molecule has 1 atom stereocenters. The molecule has 0 saturated carbocycles. The molecule has 21 heavy (non-hydrogen) atoms. The molecule has 112 valence electrons. The molecule has 1 fully saturated rings. The second-order valence-electron chi connectivity index (χ2n) is 5.49. The number of carbonyl (C=O) groups is 1. The molecule has 2 aromatic rings. The minimum atomic E-state index is 0.120. The summed E-state index contributed by atoms with van der Waals surface area (Å²) in [4.78, 5) is 18.4. The summed E-state index contributed by atoms with van der Waals surface area (Å²) in [7, 11) is 0. The van der Waals surface area contributed by atoms with E-state index in [-0.39, 0.29) is 11.9 Å². The van der Waals surface area contributed by atoms with Gasteiger partial charge in [-0.2, -0.15) is 5.10 Å². The van der Waals surface area contributed by atoms with E-state index in [0.717, 1.165) is 36.4 Å². The molecule has 0 spiro atoms. The number of aromatic nitrogens is 4. The predicted octanol–water partition coefficient (Wildman–Crippen LogP) is 1.29. The third kappa shape index (κ3) is 2.81. The molecule has 3 rings (SSSR count). The van der Waals surface area contributed by atoms with Crippen molar-refractivity contribution in [2.75, 3.05) is 13.1 Å². The van der Waals surface area contributed by atoms with E-state index in [1.165, 1.54) is 6.33 Å². The maximum Gasteiger partial charge on any atom is 0.227 e. The number of piperidine rings is 1. The van der Waals surface area contributed by atoms with Crippen LogP contribution in [0.25, 0.3) is 0 Å². The molecule has 3 heterocycles. The van der Waals surface area contributed by atoms with Crippen molar-refractivity contribution >= 4 is 5.91 Å². The topological polar surface area (TPSA) is 77.0 Å². The number of hydrogen-bond acceptors (Lipinski definition) is 5. The fourth-order valence-corrected chi connectivity index (χ4v) is 2.82. The minimum Gasteiger partial charge on any atom is -0.361 e. The Balaban J connectivity index is 1.67. The Hall–Kier alpha value is -2.18. The standard InChI is InChI=1S/C14H19N5O2/c1-10-13(11(2)21-17-10)6-14(20)18-5-3-4-12(7-18)19-9-15-8-16-19/h8-9,12H,3-7H2,1-2H3/t12-/m1/s1. The molecule has 7 heteroatoms. The molecule has 1 saturated heterocycles. The van der Waals surface area contributed by atoms with E-state index in [2.05, 4.69) is 15.2 Å². The molecular weight excluding hydrogens is 270 g/mol. The van der Waals surface area contributed by atoms with Crippen LogP contribution in [-0.2, 0) is 11.2 Å². The summed E-state index contributed by atoms with van der Waals surface area (Å²) < 4.78 is 6.96. The fraction of sp³-hybridized carbons (Fsp3) is 0.571. The van der Waals surface area contributed by atoms with Gasteiger partial charge in [0, 0.05) is 18.7 Å². The maximum absolute atomic E-state index is 12.5. The Kier molecular flexibility index (Phi) is 3.72. The molecule has 0 aromatic carbocycles. The van der Waals surface area contributed by atoms with E-state index in [9.17, 15) is 4.79 Å². The number of nitrogens with zero attached hydrogens (tertiary/aromatic N) is 5. The van der Waals surface area contributed by atoms with Crippen molar-refractivity contribution in [1.82, 2.24) is 24.8 Å². The van der Waals surface area contributed by atoms with Crippen molar-refractivity contribution < 1.29 is 9.32 Å². The van der Waals surface area contributed by atoms with Gasteiger partial charge in [-0.15, -0.1) is 0 Å². The fourth-order valence-electron chi connectivity index (χ4n) is 2.82. The van der Waals surface area contributed by atoms with Crippen LogP contribution >= 0.6 is 0 Å². The lowest BCUT2D eigenvalue weighted by Gasteiger charge is -2.32. The zero-order valence-corrected chi connectivity index (χ0v) is 12.3. The van der Waals surface area contributed by atoms with Gasteiger partial charge in [0.2, 0.25) is 5.91 Å². The summed E-state index contributed by atoms with van der Waals surface area (Å²) in [5.74, 6) is 0.847. The molecule has 0 bridgehead atoms. The van der Waals surface area contributed by atoms with Gasteiger partial charge in [0.15, 0.2) is 0 Å². The summed E-state index contributed by atoms with van der Waals surface area (Å²) in [5, 5.41) is 8.08. The van der Waals surface area contributed by atoms with Crippen LogP contribution in [0.1, 0.15) is 35.9 Å². The summed E-state index contributed by atoms with van der Waals surface area (Å²) in [6, 6.07) is 0.217. The van der Waals surface area contributed by atoms with Crippen LogP contribution in [-0.4, -0.2) is 43.8 Å². The second kappa shape index (κ2) is 5.67. The van der Waals surface area contributed by atoms with Crippen LogP contribution in [0.3, 0.4) is 0 Å². The maximum atomic E-state index is 12.5. The van der Waals surface area contributed by atoms with Crippen molar-refractivity contribution in [2.24, 2.45) is 0 Å². The van der Waals surface area contributed by atoms with Gasteiger partial charge in [-0.05, 0) is 26.7 Å². The van der Waals surface area contributed by atoms with Crippen molar-refractivity contribution in [3.63, 3.8) is 0 Å². The van der Waals surface area contributed by atoms with E-state index in [1.54, 1.807) is 6.33 Å². The summed E-state index contributed by atoms with van der Waals surface area (Å²) >= 11 is 0. The smallest absolute Gasteiger partial charge is 0.227 e. The zero-order chi connectivity index (χ0) is 14.8. The third-order valence-electron chi connectivity index (χ3n) is 4.07. The molecular formula is C14H19N5O2. The summed E-state index contributed by atoms with van der Waals surface area (Å²) in [6.07, 6.45) is 5.61. The van der Waals surface area contributed by atoms with Crippen molar-refractivity contribution in [2.45, 2.75) is 39.2 Å². The number of likely N-dealkylation sites (tertiary alicyclic amines) is 1. The van der Waals surface area contributed by atoms with Gasteiger partial charge in [0.1, 0.15) is 18.4 Å². The molecule has 0 radical (unpaired) electrons. The number of carbonyl (C=O) groups excluding carboxylic acids is 1. The van der Waals surface area contributed by atoms with Gasteiger partial charge in [-0.3, -0.25) is 4.79 Å². The van der Waals surface area contributed by atoms with Gasteiger partial charge in [0.05, 0.1) is 18.2 Å². The van der Waals surface area contributed by atoms with Crippen LogP contribution in [0.2, 0.25) is 0 Å². The first kappa shape index (κ1) is 13.8. The Morgan fingerprint density at radius 2 is 2.33 bits per heavy atom. The average Bonchev–Trinajstić information content (AvgIpc) is 3.13. The Bertz CT molecular complexity index is 600. The Morgan fingerprint density at radius 1 is 1.48 bits per heavy atom. The lowest BCUT2D eigenvalue weighted by molar-refractivity contribution is -0.132. The van der Waals surface area contributed by atoms with Gasteiger partial charge in [-0.1, -0.05) is 5.16 Å². The van der Waals surface area contributed by atoms with Crippen LogP contribution in [0, 0.1) is 13.8 Å². The van der Waals surface area contributed by atoms with Crippen LogP contribution in [0.5, 0.6) is 0 Å². The first-order chi connectivity index (χ1) is 10.1. The van der Waals surface area contributed by atoms with Crippen molar-refractivity contribution in [3.05, 3.63) is 29.7 Å². The van der Waals surface area contributed by atoms with Crippen LogP contribution in [0.15, 0.2) is 17.2 Å².